The molecule has 1 fully saturated rings. The van der Waals surface area contributed by atoms with Gasteiger partial charge in [-0.15, -0.1) is 0 Å². The summed E-state index contributed by atoms with van der Waals surface area (Å²) in [5.41, 5.74) is 0.680. The van der Waals surface area contributed by atoms with E-state index in [4.69, 9.17) is 0 Å². The number of nitrogens with zero attached hydrogens (tertiary/aromatic N) is 2. The predicted molar refractivity (Wildman–Crippen MR) is 136 cm³/mol. The lowest BCUT2D eigenvalue weighted by atomic mass is 10.0. The lowest BCUT2D eigenvalue weighted by Crippen LogP contribution is -2.51. The highest BCUT2D eigenvalue weighted by Crippen LogP contribution is 2.27. The fourth-order valence-corrected chi connectivity index (χ4v) is 4.62. The van der Waals surface area contributed by atoms with E-state index in [-0.39, 0.29) is 24.4 Å². The van der Waals surface area contributed by atoms with Crippen molar-refractivity contribution >= 4 is 16.7 Å². The molecule has 0 radical (unpaired) electrons. The van der Waals surface area contributed by atoms with E-state index in [2.05, 4.69) is 15.0 Å². The molecule has 2 heterocycles. The number of amides is 1. The highest BCUT2D eigenvalue weighted by molar-refractivity contribution is 5.84. The maximum Gasteiger partial charge on any atom is 0.422 e. The third-order valence-corrected chi connectivity index (χ3v) is 6.76. The molecule has 40 heavy (non-hydrogen) atoms. The number of hydrogen-bond acceptors (Lipinski definition) is 5. The molecule has 0 saturated carbocycles. The first-order valence-electron chi connectivity index (χ1n) is 12.8. The van der Waals surface area contributed by atoms with Gasteiger partial charge in [-0.3, -0.25) is 4.79 Å². The fraction of sp³-hybridized carbons (Fsp3) is 0.429. The van der Waals surface area contributed by atoms with Crippen molar-refractivity contribution in [2.45, 2.75) is 49.9 Å². The molecule has 1 amide bonds. The second-order valence-corrected chi connectivity index (χ2v) is 9.90. The Bertz CT molecular complexity index is 1300. The smallest absolute Gasteiger partial charge is 0.422 e. The minimum atomic E-state index is -4.55. The van der Waals surface area contributed by atoms with Crippen molar-refractivity contribution in [3.63, 3.8) is 0 Å². The molecular weight excluding hydrogens is 540 g/mol. The van der Waals surface area contributed by atoms with Crippen molar-refractivity contribution in [2.75, 3.05) is 26.2 Å². The molecule has 1 saturated heterocycles. The number of aliphatic hydroxyl groups is 1. The van der Waals surface area contributed by atoms with Crippen molar-refractivity contribution in [1.29, 1.82) is 0 Å². The van der Waals surface area contributed by atoms with E-state index in [1.54, 1.807) is 24.3 Å². The van der Waals surface area contributed by atoms with Crippen LogP contribution in [0.5, 0.6) is 5.88 Å². The Balaban J connectivity index is 1.42. The van der Waals surface area contributed by atoms with Gasteiger partial charge in [-0.2, -0.15) is 22.0 Å². The van der Waals surface area contributed by atoms with Gasteiger partial charge < -0.3 is 20.1 Å². The van der Waals surface area contributed by atoms with Gasteiger partial charge >= 0.3 is 12.1 Å². The summed E-state index contributed by atoms with van der Waals surface area (Å²) in [6.45, 7) is -0.105. The molecule has 0 bridgehead atoms. The van der Waals surface area contributed by atoms with Crippen LogP contribution < -0.4 is 10.1 Å². The van der Waals surface area contributed by atoms with Crippen LogP contribution in [0.25, 0.3) is 10.8 Å². The number of aliphatic hydroxyl groups excluding tert-OH is 1. The first-order valence-corrected chi connectivity index (χ1v) is 12.8. The summed E-state index contributed by atoms with van der Waals surface area (Å²) < 4.78 is 85.0. The number of hydrogen-bond donors (Lipinski definition) is 2. The molecule has 1 aromatic heterocycles. The van der Waals surface area contributed by atoms with Crippen LogP contribution in [0.3, 0.4) is 0 Å². The van der Waals surface area contributed by atoms with Crippen molar-refractivity contribution in [3.8, 4) is 5.88 Å². The molecule has 2 aromatic carbocycles. The number of aromatic nitrogens is 1. The highest BCUT2D eigenvalue weighted by Gasteiger charge is 2.41. The van der Waals surface area contributed by atoms with Crippen molar-refractivity contribution in [3.05, 3.63) is 71.7 Å². The molecular formula is C28H29F6N3O3. The fourth-order valence-electron chi connectivity index (χ4n) is 4.62. The van der Waals surface area contributed by atoms with Crippen LogP contribution >= 0.6 is 0 Å². The Hall–Kier alpha value is -3.38. The highest BCUT2D eigenvalue weighted by atomic mass is 19.4. The van der Waals surface area contributed by atoms with Gasteiger partial charge in [0.05, 0.1) is 6.04 Å². The quantitative estimate of drug-likeness (QED) is 0.311. The normalized spacial score (nSPS) is 16.2. The first kappa shape index (κ1) is 29.6. The molecule has 216 valence electrons. The summed E-state index contributed by atoms with van der Waals surface area (Å²) in [6.07, 6.45) is -4.05. The van der Waals surface area contributed by atoms with Crippen LogP contribution in [0.15, 0.2) is 54.7 Å². The SMILES string of the molecule is O=C(N[C@H](CN1CCCC1)[C@H](O)c1ccc(OCC(F)(F)F)nc1)C(F)(F)CCc1ccc2cc(F)ccc2c1. The third kappa shape index (κ3) is 8.07. The lowest BCUT2D eigenvalue weighted by Gasteiger charge is -2.30. The Morgan fingerprint density at radius 1 is 1.02 bits per heavy atom. The van der Waals surface area contributed by atoms with Gasteiger partial charge in [0.2, 0.25) is 5.88 Å². The van der Waals surface area contributed by atoms with E-state index in [0.717, 1.165) is 25.1 Å². The second kappa shape index (κ2) is 12.4. The van der Waals surface area contributed by atoms with E-state index in [1.165, 1.54) is 18.2 Å². The molecule has 6 nitrogen and oxygen atoms in total. The average molecular weight is 570 g/mol. The Morgan fingerprint density at radius 3 is 2.40 bits per heavy atom. The summed E-state index contributed by atoms with van der Waals surface area (Å²) >= 11 is 0. The Morgan fingerprint density at radius 2 is 1.73 bits per heavy atom. The van der Waals surface area contributed by atoms with Gasteiger partial charge in [-0.05, 0) is 66.9 Å². The predicted octanol–water partition coefficient (Wildman–Crippen LogP) is 5.20. The zero-order valence-electron chi connectivity index (χ0n) is 21.4. The summed E-state index contributed by atoms with van der Waals surface area (Å²) in [5, 5.41) is 14.6. The van der Waals surface area contributed by atoms with Crippen LogP contribution in [-0.2, 0) is 11.2 Å². The van der Waals surface area contributed by atoms with E-state index >= 15 is 0 Å². The Labute approximate surface area is 227 Å². The number of pyridine rings is 1. The largest absolute Gasteiger partial charge is 0.468 e. The standard InChI is InChI=1S/C28H29F6N3O3/c29-22-7-5-19-13-18(3-4-20(19)14-22)9-10-27(30,31)26(39)36-23(16-37-11-1-2-12-37)25(38)21-6-8-24(35-15-21)40-17-28(32,33)34/h3-8,13-15,23,25,38H,1-2,9-12,16-17H2,(H,36,39)/t23-,25-/m1/s1. The maximum atomic E-state index is 15.0. The number of rotatable bonds is 11. The van der Waals surface area contributed by atoms with Crippen LogP contribution in [-0.4, -0.2) is 65.3 Å². The topological polar surface area (TPSA) is 74.7 Å². The molecule has 1 aliphatic heterocycles. The van der Waals surface area contributed by atoms with Crippen LogP contribution in [0.1, 0.15) is 36.5 Å². The summed E-state index contributed by atoms with van der Waals surface area (Å²) in [5.74, 6) is -6.03. The third-order valence-electron chi connectivity index (χ3n) is 6.76. The number of ether oxygens (including phenoxy) is 1. The van der Waals surface area contributed by atoms with E-state index in [1.807, 2.05) is 4.90 Å². The van der Waals surface area contributed by atoms with Gasteiger partial charge in [-0.1, -0.05) is 24.3 Å². The molecule has 12 heteroatoms. The number of fused-ring (bicyclic) bond motifs is 1. The number of carbonyl (C=O) groups is 1. The van der Waals surface area contributed by atoms with E-state index in [0.29, 0.717) is 29.4 Å². The molecule has 0 unspecified atom stereocenters. The molecule has 4 rings (SSSR count). The molecule has 3 aromatic rings. The van der Waals surface area contributed by atoms with Gasteiger partial charge in [0, 0.05) is 30.8 Å². The number of halogens is 6. The van der Waals surface area contributed by atoms with Crippen molar-refractivity contribution < 1.29 is 41.0 Å². The molecule has 0 spiro atoms. The zero-order chi connectivity index (χ0) is 28.9. The van der Waals surface area contributed by atoms with Crippen LogP contribution in [0.4, 0.5) is 26.3 Å². The number of nitrogens with one attached hydrogen (secondary N) is 1. The monoisotopic (exact) mass is 569 g/mol. The average Bonchev–Trinajstić information content (AvgIpc) is 3.43. The molecule has 2 N–H and O–H groups in total. The number of alkyl halides is 5. The van der Waals surface area contributed by atoms with E-state index < -0.39 is 49.0 Å². The lowest BCUT2D eigenvalue weighted by molar-refractivity contribution is -0.154. The van der Waals surface area contributed by atoms with Crippen LogP contribution in [0, 0.1) is 5.82 Å². The van der Waals surface area contributed by atoms with Crippen molar-refractivity contribution in [1.82, 2.24) is 15.2 Å². The van der Waals surface area contributed by atoms with Gasteiger partial charge in [0.1, 0.15) is 11.9 Å². The molecule has 1 aliphatic rings. The number of carbonyl (C=O) groups excluding carboxylic acids is 1. The van der Waals surface area contributed by atoms with Gasteiger partial charge in [-0.25, -0.2) is 9.37 Å². The van der Waals surface area contributed by atoms with E-state index in [9.17, 15) is 36.2 Å². The number of aryl methyl sites for hydroxylation is 1. The van der Waals surface area contributed by atoms with Crippen molar-refractivity contribution in [2.24, 2.45) is 0 Å². The number of likely N-dealkylation sites (tertiary alicyclic amines) is 1. The maximum absolute atomic E-state index is 15.0. The summed E-state index contributed by atoms with van der Waals surface area (Å²) in [7, 11) is 0. The van der Waals surface area contributed by atoms with Crippen LogP contribution in [0.2, 0.25) is 0 Å². The Kier molecular flexibility index (Phi) is 9.19. The second-order valence-electron chi connectivity index (χ2n) is 9.90. The summed E-state index contributed by atoms with van der Waals surface area (Å²) in [4.78, 5) is 18.4. The minimum absolute atomic E-state index is 0.0938. The summed E-state index contributed by atoms with van der Waals surface area (Å²) in [6, 6.07) is 10.3. The molecule has 0 aliphatic carbocycles. The zero-order valence-corrected chi connectivity index (χ0v) is 21.4. The van der Waals surface area contributed by atoms with Gasteiger partial charge in [0.25, 0.3) is 5.91 Å². The number of benzene rings is 2. The first-order chi connectivity index (χ1) is 18.9. The minimum Gasteiger partial charge on any atom is -0.468 e. The molecule has 2 atom stereocenters. The van der Waals surface area contributed by atoms with Gasteiger partial charge in [0.15, 0.2) is 6.61 Å².